The van der Waals surface area contributed by atoms with Crippen LogP contribution in [0.15, 0.2) is 97.6 Å². The van der Waals surface area contributed by atoms with Crippen LogP contribution in [-0.4, -0.2) is 47.0 Å². The van der Waals surface area contributed by atoms with Crippen molar-refractivity contribution < 1.29 is 23.7 Å². The summed E-state index contributed by atoms with van der Waals surface area (Å²) in [7, 11) is 3.25. The van der Waals surface area contributed by atoms with Gasteiger partial charge in [0, 0.05) is 48.1 Å². The Morgan fingerprint density at radius 2 is 1.23 bits per heavy atom. The lowest BCUT2D eigenvalue weighted by Gasteiger charge is -2.13. The van der Waals surface area contributed by atoms with Gasteiger partial charge in [-0.25, -0.2) is 4.99 Å². The van der Waals surface area contributed by atoms with Gasteiger partial charge in [0.2, 0.25) is 0 Å². The number of hydrogen-bond acceptors (Lipinski definition) is 11. The summed E-state index contributed by atoms with van der Waals surface area (Å²) in [4.78, 5) is 33.6. The van der Waals surface area contributed by atoms with Crippen molar-refractivity contribution in [2.45, 2.75) is 20.8 Å². The first kappa shape index (κ1) is 32.9. The second kappa shape index (κ2) is 14.3. The number of benzene rings is 2. The number of nitrogens with zero attached hydrogens (tertiary/aromatic N) is 5. The molecule has 0 fully saturated rings. The maximum Gasteiger partial charge on any atom is 0.273 e. The Hall–Kier alpha value is -5.53. The Balaban J connectivity index is 0.000000216. The van der Waals surface area contributed by atoms with Crippen molar-refractivity contribution in [3.8, 4) is 5.75 Å². The maximum atomic E-state index is 13.0. The van der Waals surface area contributed by atoms with Crippen LogP contribution in [0, 0.1) is 20.8 Å². The Morgan fingerprint density at radius 3 is 1.66 bits per heavy atom. The quantitative estimate of drug-likeness (QED) is 0.167. The molecule has 47 heavy (non-hydrogen) atoms. The number of carbonyl (C=O) groups is 2. The van der Waals surface area contributed by atoms with Crippen LogP contribution in [0.5, 0.6) is 5.75 Å². The highest BCUT2D eigenvalue weighted by Gasteiger charge is 2.23. The number of aromatic hydroxyl groups is 1. The Labute approximate surface area is 279 Å². The van der Waals surface area contributed by atoms with E-state index in [1.807, 2.05) is 73.0 Å². The van der Waals surface area contributed by atoms with E-state index in [4.69, 9.17) is 19.8 Å². The van der Waals surface area contributed by atoms with E-state index in [-0.39, 0.29) is 28.1 Å². The van der Waals surface area contributed by atoms with Gasteiger partial charge in [0.25, 0.3) is 11.8 Å². The number of thiophene rings is 2. The third-order valence-electron chi connectivity index (χ3n) is 7.05. The van der Waals surface area contributed by atoms with Crippen LogP contribution in [-0.2, 0) is 0 Å². The first-order valence-corrected chi connectivity index (χ1v) is 16.1. The summed E-state index contributed by atoms with van der Waals surface area (Å²) in [6, 6.07) is 23.5. The van der Waals surface area contributed by atoms with E-state index in [9.17, 15) is 14.7 Å². The van der Waals surface area contributed by atoms with Gasteiger partial charge in [-0.15, -0.1) is 22.7 Å². The molecule has 4 aromatic heterocycles. The van der Waals surface area contributed by atoms with E-state index in [1.54, 1.807) is 40.1 Å². The number of nitrogens with two attached hydrogens (primary N) is 1. The summed E-state index contributed by atoms with van der Waals surface area (Å²) in [5.41, 5.74) is 10.2. The topological polar surface area (TPSA) is 151 Å². The van der Waals surface area contributed by atoms with Crippen molar-refractivity contribution in [3.63, 3.8) is 0 Å². The van der Waals surface area contributed by atoms with Crippen molar-refractivity contribution in [3.05, 3.63) is 122 Å². The molecule has 2 aromatic carbocycles. The molecule has 0 radical (unpaired) electrons. The van der Waals surface area contributed by atoms with Gasteiger partial charge in [0.15, 0.2) is 17.4 Å². The van der Waals surface area contributed by atoms with E-state index < -0.39 is 0 Å². The highest BCUT2D eigenvalue weighted by molar-refractivity contribution is 7.13. The number of hydrogen-bond donors (Lipinski definition) is 2. The van der Waals surface area contributed by atoms with Crippen molar-refractivity contribution >= 4 is 63.2 Å². The predicted octanol–water partition coefficient (Wildman–Crippen LogP) is 7.41. The number of rotatable bonds is 7. The SMILES string of the molecule is Cc1cc(N(C)C(=O)c2scc(N)c2O)no1.Cc1cc(N(C)C(=O)c2scc(N=C(c3ccccc3)c3ccccc3)c2C)no1. The largest absolute Gasteiger partial charge is 0.504 e. The lowest BCUT2D eigenvalue weighted by Crippen LogP contribution is -2.26. The molecule has 0 spiro atoms. The third kappa shape index (κ3) is 7.32. The second-order valence-corrected chi connectivity index (χ2v) is 12.2. The molecule has 0 saturated heterocycles. The zero-order chi connectivity index (χ0) is 33.7. The molecular weight excluding hydrogens is 637 g/mol. The molecule has 0 bridgehead atoms. The fourth-order valence-corrected chi connectivity index (χ4v) is 6.19. The van der Waals surface area contributed by atoms with Gasteiger partial charge in [0.05, 0.1) is 22.0 Å². The number of anilines is 3. The van der Waals surface area contributed by atoms with E-state index in [0.717, 1.165) is 39.4 Å². The normalized spacial score (nSPS) is 10.6. The molecule has 6 rings (SSSR count). The summed E-state index contributed by atoms with van der Waals surface area (Å²) < 4.78 is 9.97. The Morgan fingerprint density at radius 1 is 0.766 bits per heavy atom. The summed E-state index contributed by atoms with van der Waals surface area (Å²) in [5.74, 6) is 1.45. The fourth-order valence-electron chi connectivity index (χ4n) is 4.39. The first-order chi connectivity index (χ1) is 22.5. The Kier molecular flexibility index (Phi) is 9.97. The molecule has 0 aliphatic carbocycles. The van der Waals surface area contributed by atoms with Crippen molar-refractivity contribution in [2.24, 2.45) is 4.99 Å². The summed E-state index contributed by atoms with van der Waals surface area (Å²) in [6.45, 7) is 5.46. The van der Waals surface area contributed by atoms with E-state index >= 15 is 0 Å². The average Bonchev–Trinajstić information content (AvgIpc) is 3.88. The van der Waals surface area contributed by atoms with Crippen LogP contribution in [0.3, 0.4) is 0 Å². The highest BCUT2D eigenvalue weighted by atomic mass is 32.1. The van der Waals surface area contributed by atoms with Crippen molar-refractivity contribution in [1.29, 1.82) is 0 Å². The van der Waals surface area contributed by atoms with Gasteiger partial charge < -0.3 is 19.9 Å². The zero-order valence-electron chi connectivity index (χ0n) is 26.3. The number of aryl methyl sites for hydroxylation is 2. The molecule has 0 atom stereocenters. The van der Waals surface area contributed by atoms with E-state index in [0.29, 0.717) is 28.0 Å². The molecule has 0 unspecified atom stereocenters. The molecule has 0 saturated carbocycles. The minimum Gasteiger partial charge on any atom is -0.504 e. The highest BCUT2D eigenvalue weighted by Crippen LogP contribution is 2.34. The summed E-state index contributed by atoms with van der Waals surface area (Å²) in [6.07, 6.45) is 0. The molecular formula is C34H32N6O5S2. The smallest absolute Gasteiger partial charge is 0.273 e. The van der Waals surface area contributed by atoms with E-state index in [1.165, 1.54) is 26.5 Å². The number of aromatic nitrogens is 2. The zero-order valence-corrected chi connectivity index (χ0v) is 27.9. The Bertz CT molecular complexity index is 1990. The molecule has 4 heterocycles. The standard InChI is InChI=1S/C24H21N3O2S.C10H11N3O3S/c1-16-14-21(26-29-16)27(3)24(28)23-17(2)20(15-30-23)25-22(18-10-6-4-7-11-18)19-12-8-5-9-13-19;1-5-3-7(12-16-5)13(2)10(15)9-8(14)6(11)4-17-9/h4-15H,1-3H3;3-4,14H,11H2,1-2H3. The molecule has 2 amide bonds. The van der Waals surface area contributed by atoms with Gasteiger partial charge in [-0.1, -0.05) is 71.0 Å². The van der Waals surface area contributed by atoms with Crippen LogP contribution in [0.4, 0.5) is 23.0 Å². The van der Waals surface area contributed by atoms with Crippen LogP contribution in [0.25, 0.3) is 0 Å². The third-order valence-corrected chi connectivity index (χ3v) is 9.08. The minimum absolute atomic E-state index is 0.131. The monoisotopic (exact) mass is 668 g/mol. The van der Waals surface area contributed by atoms with Gasteiger partial charge in [-0.05, 0) is 26.3 Å². The molecule has 13 heteroatoms. The van der Waals surface area contributed by atoms with Crippen LogP contribution >= 0.6 is 22.7 Å². The number of nitrogen functional groups attached to an aromatic ring is 1. The lowest BCUT2D eigenvalue weighted by molar-refractivity contribution is 0.0986. The van der Waals surface area contributed by atoms with Gasteiger partial charge >= 0.3 is 0 Å². The van der Waals surface area contributed by atoms with Crippen LogP contribution in [0.1, 0.15) is 47.6 Å². The molecule has 0 aliphatic rings. The predicted molar refractivity (Wildman–Crippen MR) is 186 cm³/mol. The van der Waals surface area contributed by atoms with Crippen molar-refractivity contribution in [2.75, 3.05) is 29.6 Å². The minimum atomic E-state index is -0.377. The van der Waals surface area contributed by atoms with Gasteiger partial charge in [-0.3, -0.25) is 19.4 Å². The lowest BCUT2D eigenvalue weighted by atomic mass is 10.0. The van der Waals surface area contributed by atoms with Crippen LogP contribution < -0.4 is 15.5 Å². The molecule has 6 aromatic rings. The molecule has 240 valence electrons. The fraction of sp³-hybridized carbons (Fsp3) is 0.147. The number of carbonyl (C=O) groups excluding carboxylic acids is 2. The maximum absolute atomic E-state index is 13.0. The number of amides is 2. The molecule has 3 N–H and O–H groups in total. The average molecular weight is 669 g/mol. The van der Waals surface area contributed by atoms with Gasteiger partial charge in [-0.2, -0.15) is 0 Å². The van der Waals surface area contributed by atoms with Crippen LogP contribution in [0.2, 0.25) is 0 Å². The second-order valence-electron chi connectivity index (χ2n) is 10.5. The van der Waals surface area contributed by atoms with E-state index in [2.05, 4.69) is 10.3 Å². The summed E-state index contributed by atoms with van der Waals surface area (Å²) >= 11 is 2.48. The number of aliphatic imine (C=N–C) groups is 1. The molecule has 0 aliphatic heterocycles. The van der Waals surface area contributed by atoms with Crippen molar-refractivity contribution in [1.82, 2.24) is 10.3 Å². The molecule has 11 nitrogen and oxygen atoms in total. The van der Waals surface area contributed by atoms with Gasteiger partial charge in [0.1, 0.15) is 16.4 Å². The first-order valence-electron chi connectivity index (χ1n) is 14.3. The summed E-state index contributed by atoms with van der Waals surface area (Å²) in [5, 5.41) is 20.7.